The van der Waals surface area contributed by atoms with Crippen LogP contribution in [0.4, 0.5) is 0 Å². The van der Waals surface area contributed by atoms with Gasteiger partial charge in [0.05, 0.1) is 30.8 Å². The maximum atomic E-state index is 5.81. The Bertz CT molecular complexity index is 275. The van der Waals surface area contributed by atoms with Crippen LogP contribution in [0.5, 0.6) is 0 Å². The van der Waals surface area contributed by atoms with Crippen LogP contribution < -0.4 is 5.32 Å². The Morgan fingerprint density at radius 3 is 2.69 bits per heavy atom. The quantitative estimate of drug-likeness (QED) is 0.807. The monoisotopic (exact) mass is 225 g/mol. The van der Waals surface area contributed by atoms with Crippen molar-refractivity contribution in [3.8, 4) is 0 Å². The molecule has 0 spiro atoms. The molecule has 0 aliphatic heterocycles. The highest BCUT2D eigenvalue weighted by Gasteiger charge is 2.17. The highest BCUT2D eigenvalue weighted by molar-refractivity contribution is 5.11. The highest BCUT2D eigenvalue weighted by atomic mass is 16.5. The molecule has 0 aliphatic carbocycles. The summed E-state index contributed by atoms with van der Waals surface area (Å²) in [4.78, 5) is 0. The predicted octanol–water partition coefficient (Wildman–Crippen LogP) is 3.14. The van der Waals surface area contributed by atoms with E-state index in [0.717, 1.165) is 18.5 Å². The Hall–Kier alpha value is -0.800. The molecule has 1 aromatic heterocycles. The minimum Gasteiger partial charge on any atom is -0.472 e. The molecule has 0 aromatic carbocycles. The molecule has 16 heavy (non-hydrogen) atoms. The fraction of sp³-hybridized carbons (Fsp3) is 0.692. The van der Waals surface area contributed by atoms with Crippen LogP contribution in [-0.4, -0.2) is 18.8 Å². The molecular weight excluding hydrogens is 202 g/mol. The van der Waals surface area contributed by atoms with E-state index in [0.29, 0.717) is 6.61 Å². The third-order valence-corrected chi connectivity index (χ3v) is 2.27. The molecular formula is C13H23NO2. The summed E-state index contributed by atoms with van der Waals surface area (Å²) in [5.41, 5.74) is 1.05. The lowest BCUT2D eigenvalue weighted by Crippen LogP contribution is -2.30. The first-order valence-corrected chi connectivity index (χ1v) is 5.92. The lowest BCUT2D eigenvalue weighted by molar-refractivity contribution is -0.0148. The van der Waals surface area contributed by atoms with Crippen molar-refractivity contribution in [3.05, 3.63) is 24.2 Å². The standard InChI is InChI=1S/C13H23NO2/c1-5-7-14-12(10-16-13(2,3)4)11-6-8-15-9-11/h6,8-9,12,14H,5,7,10H2,1-4H3. The molecule has 1 unspecified atom stereocenters. The molecule has 0 saturated heterocycles. The molecule has 0 radical (unpaired) electrons. The fourth-order valence-electron chi connectivity index (χ4n) is 1.40. The van der Waals surface area contributed by atoms with E-state index < -0.39 is 0 Å². The second kappa shape index (κ2) is 6.06. The van der Waals surface area contributed by atoms with Gasteiger partial charge in [-0.25, -0.2) is 0 Å². The molecule has 1 N–H and O–H groups in total. The Kier molecular flexibility index (Phi) is 5.03. The van der Waals surface area contributed by atoms with E-state index in [9.17, 15) is 0 Å². The number of furan rings is 1. The minimum atomic E-state index is -0.101. The van der Waals surface area contributed by atoms with Gasteiger partial charge in [-0.15, -0.1) is 0 Å². The molecule has 1 rings (SSSR count). The van der Waals surface area contributed by atoms with Gasteiger partial charge in [0.15, 0.2) is 0 Å². The summed E-state index contributed by atoms with van der Waals surface area (Å²) in [6.07, 6.45) is 4.59. The minimum absolute atomic E-state index is 0.101. The van der Waals surface area contributed by atoms with Gasteiger partial charge in [-0.2, -0.15) is 0 Å². The molecule has 0 amide bonds. The van der Waals surface area contributed by atoms with Crippen LogP contribution in [0.25, 0.3) is 0 Å². The molecule has 0 fully saturated rings. The van der Waals surface area contributed by atoms with Crippen LogP contribution in [0.2, 0.25) is 0 Å². The summed E-state index contributed by atoms with van der Waals surface area (Å²) in [5, 5.41) is 3.46. The van der Waals surface area contributed by atoms with Gasteiger partial charge in [0.2, 0.25) is 0 Å². The van der Waals surface area contributed by atoms with Gasteiger partial charge in [0, 0.05) is 5.56 Å². The molecule has 3 nitrogen and oxygen atoms in total. The van der Waals surface area contributed by atoms with Gasteiger partial charge in [-0.05, 0) is 39.8 Å². The average Bonchev–Trinajstić information content (AvgIpc) is 2.69. The van der Waals surface area contributed by atoms with Gasteiger partial charge in [-0.1, -0.05) is 6.92 Å². The van der Waals surface area contributed by atoms with Crippen molar-refractivity contribution < 1.29 is 9.15 Å². The molecule has 0 saturated carbocycles. The van der Waals surface area contributed by atoms with Crippen LogP contribution in [-0.2, 0) is 4.74 Å². The summed E-state index contributed by atoms with van der Waals surface area (Å²) in [7, 11) is 0. The molecule has 1 atom stereocenters. The van der Waals surface area contributed by atoms with Crippen molar-refractivity contribution in [1.82, 2.24) is 5.32 Å². The fourth-order valence-corrected chi connectivity index (χ4v) is 1.40. The summed E-state index contributed by atoms with van der Waals surface area (Å²) in [6.45, 7) is 10.0. The lowest BCUT2D eigenvalue weighted by Gasteiger charge is -2.24. The van der Waals surface area contributed by atoms with Crippen LogP contribution >= 0.6 is 0 Å². The highest BCUT2D eigenvalue weighted by Crippen LogP contribution is 2.17. The third kappa shape index (κ3) is 4.81. The number of ether oxygens (including phenoxy) is 1. The first-order valence-electron chi connectivity index (χ1n) is 5.92. The van der Waals surface area contributed by atoms with Crippen LogP contribution in [0.3, 0.4) is 0 Å². The topological polar surface area (TPSA) is 34.4 Å². The first kappa shape index (κ1) is 13.3. The Morgan fingerprint density at radius 2 is 2.19 bits per heavy atom. The largest absolute Gasteiger partial charge is 0.472 e. The van der Waals surface area contributed by atoms with E-state index in [1.54, 1.807) is 12.5 Å². The van der Waals surface area contributed by atoms with E-state index in [1.165, 1.54) is 0 Å². The predicted molar refractivity (Wildman–Crippen MR) is 65.4 cm³/mol. The van der Waals surface area contributed by atoms with Crippen LogP contribution in [0.1, 0.15) is 45.7 Å². The molecule has 3 heteroatoms. The molecule has 1 aromatic rings. The normalized spacial score (nSPS) is 14.0. The molecule has 1 heterocycles. The van der Waals surface area contributed by atoms with E-state index in [-0.39, 0.29) is 11.6 Å². The van der Waals surface area contributed by atoms with Crippen molar-refractivity contribution >= 4 is 0 Å². The van der Waals surface area contributed by atoms with Crippen LogP contribution in [0.15, 0.2) is 23.0 Å². The van der Waals surface area contributed by atoms with Gasteiger partial charge < -0.3 is 14.5 Å². The zero-order chi connectivity index (χ0) is 12.0. The Labute approximate surface area is 98.2 Å². The Balaban J connectivity index is 2.51. The molecule has 0 bridgehead atoms. The number of hydrogen-bond acceptors (Lipinski definition) is 3. The van der Waals surface area contributed by atoms with Crippen LogP contribution in [0, 0.1) is 0 Å². The molecule has 92 valence electrons. The first-order chi connectivity index (χ1) is 7.53. The summed E-state index contributed by atoms with van der Waals surface area (Å²) >= 11 is 0. The zero-order valence-electron chi connectivity index (χ0n) is 10.7. The summed E-state index contributed by atoms with van der Waals surface area (Å²) in [6, 6.07) is 2.21. The van der Waals surface area contributed by atoms with Gasteiger partial charge in [0.1, 0.15) is 0 Å². The van der Waals surface area contributed by atoms with E-state index in [1.807, 2.05) is 6.07 Å². The number of hydrogen-bond donors (Lipinski definition) is 1. The third-order valence-electron chi connectivity index (χ3n) is 2.27. The summed E-state index contributed by atoms with van der Waals surface area (Å²) in [5.74, 6) is 0. The average molecular weight is 225 g/mol. The smallest absolute Gasteiger partial charge is 0.0951 e. The van der Waals surface area contributed by atoms with Crippen molar-refractivity contribution in [2.45, 2.75) is 45.8 Å². The van der Waals surface area contributed by atoms with Crippen molar-refractivity contribution in [1.29, 1.82) is 0 Å². The number of rotatable bonds is 6. The van der Waals surface area contributed by atoms with Crippen molar-refractivity contribution in [2.75, 3.05) is 13.2 Å². The maximum Gasteiger partial charge on any atom is 0.0951 e. The van der Waals surface area contributed by atoms with Gasteiger partial charge in [0.25, 0.3) is 0 Å². The SMILES string of the molecule is CCCNC(COC(C)(C)C)c1ccoc1. The van der Waals surface area contributed by atoms with Crippen molar-refractivity contribution in [3.63, 3.8) is 0 Å². The van der Waals surface area contributed by atoms with E-state index >= 15 is 0 Å². The zero-order valence-corrected chi connectivity index (χ0v) is 10.7. The van der Waals surface area contributed by atoms with E-state index in [4.69, 9.17) is 9.15 Å². The second-order valence-electron chi connectivity index (χ2n) is 4.99. The second-order valence-corrected chi connectivity index (χ2v) is 4.99. The lowest BCUT2D eigenvalue weighted by atomic mass is 10.1. The van der Waals surface area contributed by atoms with E-state index in [2.05, 4.69) is 33.0 Å². The van der Waals surface area contributed by atoms with Gasteiger partial charge >= 0.3 is 0 Å². The summed E-state index contributed by atoms with van der Waals surface area (Å²) < 4.78 is 10.9. The molecule has 0 aliphatic rings. The van der Waals surface area contributed by atoms with Gasteiger partial charge in [-0.3, -0.25) is 0 Å². The maximum absolute atomic E-state index is 5.81. The number of nitrogens with one attached hydrogen (secondary N) is 1. The Morgan fingerprint density at radius 1 is 1.44 bits per heavy atom. The van der Waals surface area contributed by atoms with Crippen molar-refractivity contribution in [2.24, 2.45) is 0 Å².